The van der Waals surface area contributed by atoms with Crippen molar-refractivity contribution in [2.75, 3.05) is 19.0 Å². The molecule has 0 atom stereocenters. The van der Waals surface area contributed by atoms with Crippen molar-refractivity contribution in [2.45, 2.75) is 33.2 Å². The number of benzene rings is 1. The topological polar surface area (TPSA) is 76.1 Å². The summed E-state index contributed by atoms with van der Waals surface area (Å²) in [6.45, 7) is 5.12. The molecule has 128 valence electrons. The molecule has 0 radical (unpaired) electrons. The van der Waals surface area contributed by atoms with Gasteiger partial charge in [-0.15, -0.1) is 0 Å². The molecule has 1 heterocycles. The molecule has 0 aliphatic rings. The Hall–Kier alpha value is -2.63. The number of carbonyl (C=O) groups is 1. The largest absolute Gasteiger partial charge is 0.496 e. The van der Waals surface area contributed by atoms with Gasteiger partial charge < -0.3 is 15.4 Å². The quantitative estimate of drug-likeness (QED) is 0.729. The van der Waals surface area contributed by atoms with E-state index in [9.17, 15) is 4.79 Å². The molecule has 0 saturated carbocycles. The SMILES string of the molecule is CCCCNc1cc(C(=O)NCc2ccccc2OC)nc(C)n1. The van der Waals surface area contributed by atoms with Gasteiger partial charge in [-0.25, -0.2) is 9.97 Å². The molecule has 1 aromatic carbocycles. The number of hydrogen-bond donors (Lipinski definition) is 2. The van der Waals surface area contributed by atoms with Crippen molar-refractivity contribution >= 4 is 11.7 Å². The summed E-state index contributed by atoms with van der Waals surface area (Å²) < 4.78 is 5.29. The van der Waals surface area contributed by atoms with Gasteiger partial charge in [0.25, 0.3) is 5.91 Å². The summed E-state index contributed by atoms with van der Waals surface area (Å²) in [4.78, 5) is 20.9. The molecule has 2 aromatic rings. The maximum Gasteiger partial charge on any atom is 0.270 e. The number of hydrogen-bond acceptors (Lipinski definition) is 5. The number of ether oxygens (including phenoxy) is 1. The van der Waals surface area contributed by atoms with Crippen molar-refractivity contribution in [1.82, 2.24) is 15.3 Å². The van der Waals surface area contributed by atoms with Crippen LogP contribution in [0.15, 0.2) is 30.3 Å². The number of nitrogens with zero attached hydrogens (tertiary/aromatic N) is 2. The van der Waals surface area contributed by atoms with E-state index in [0.29, 0.717) is 23.9 Å². The average molecular weight is 328 g/mol. The lowest BCUT2D eigenvalue weighted by molar-refractivity contribution is 0.0945. The van der Waals surface area contributed by atoms with Crippen molar-refractivity contribution in [3.8, 4) is 5.75 Å². The van der Waals surface area contributed by atoms with Crippen molar-refractivity contribution < 1.29 is 9.53 Å². The maximum absolute atomic E-state index is 12.4. The molecule has 6 heteroatoms. The number of nitrogens with one attached hydrogen (secondary N) is 2. The average Bonchev–Trinajstić information content (AvgIpc) is 2.59. The normalized spacial score (nSPS) is 10.3. The van der Waals surface area contributed by atoms with Crippen molar-refractivity contribution in [1.29, 1.82) is 0 Å². The molecular weight excluding hydrogens is 304 g/mol. The number of para-hydroxylation sites is 1. The zero-order valence-corrected chi connectivity index (χ0v) is 14.4. The second-order valence-corrected chi connectivity index (χ2v) is 5.46. The number of carbonyl (C=O) groups excluding carboxylic acids is 1. The number of methoxy groups -OCH3 is 1. The van der Waals surface area contributed by atoms with Crippen LogP contribution in [-0.2, 0) is 6.54 Å². The molecule has 0 aliphatic carbocycles. The Morgan fingerprint density at radius 2 is 2.04 bits per heavy atom. The minimum Gasteiger partial charge on any atom is -0.496 e. The standard InChI is InChI=1S/C18H24N4O2/c1-4-5-10-19-17-11-15(21-13(2)22-17)18(23)20-12-14-8-6-7-9-16(14)24-3/h6-9,11H,4-5,10,12H2,1-3H3,(H,20,23)(H,19,21,22). The molecule has 0 saturated heterocycles. The fraction of sp³-hybridized carbons (Fsp3) is 0.389. The number of rotatable bonds is 8. The fourth-order valence-corrected chi connectivity index (χ4v) is 2.28. The maximum atomic E-state index is 12.4. The van der Waals surface area contributed by atoms with Gasteiger partial charge in [0.2, 0.25) is 0 Å². The molecule has 0 aliphatic heterocycles. The molecule has 0 fully saturated rings. The van der Waals surface area contributed by atoms with Crippen LogP contribution in [0.2, 0.25) is 0 Å². The summed E-state index contributed by atoms with van der Waals surface area (Å²) in [7, 11) is 1.61. The zero-order valence-electron chi connectivity index (χ0n) is 14.4. The summed E-state index contributed by atoms with van der Waals surface area (Å²) in [6, 6.07) is 9.27. The van der Waals surface area contributed by atoms with Crippen molar-refractivity contribution in [2.24, 2.45) is 0 Å². The Morgan fingerprint density at radius 3 is 2.79 bits per heavy atom. The first-order valence-electron chi connectivity index (χ1n) is 8.13. The molecule has 0 spiro atoms. The van der Waals surface area contributed by atoms with Crippen LogP contribution in [0.4, 0.5) is 5.82 Å². The van der Waals surface area contributed by atoms with Crippen LogP contribution in [-0.4, -0.2) is 29.5 Å². The molecule has 24 heavy (non-hydrogen) atoms. The lowest BCUT2D eigenvalue weighted by Gasteiger charge is -2.10. The van der Waals surface area contributed by atoms with Gasteiger partial charge in [0.05, 0.1) is 7.11 Å². The highest BCUT2D eigenvalue weighted by atomic mass is 16.5. The highest BCUT2D eigenvalue weighted by Gasteiger charge is 2.11. The molecule has 0 unspecified atom stereocenters. The van der Waals surface area contributed by atoms with E-state index in [0.717, 1.165) is 30.7 Å². The first-order valence-corrected chi connectivity index (χ1v) is 8.13. The second-order valence-electron chi connectivity index (χ2n) is 5.46. The zero-order chi connectivity index (χ0) is 17.4. The summed E-state index contributed by atoms with van der Waals surface area (Å²) in [5.74, 6) is 1.76. The van der Waals surface area contributed by atoms with E-state index in [4.69, 9.17) is 4.74 Å². The number of aromatic nitrogens is 2. The van der Waals surface area contributed by atoms with Gasteiger partial charge in [-0.1, -0.05) is 31.5 Å². The van der Waals surface area contributed by atoms with E-state index < -0.39 is 0 Å². The second kappa shape index (κ2) is 8.86. The van der Waals surface area contributed by atoms with Crippen LogP contribution in [0, 0.1) is 6.92 Å². The van der Waals surface area contributed by atoms with Gasteiger partial charge in [0.1, 0.15) is 23.1 Å². The Bertz CT molecular complexity index is 688. The van der Waals surface area contributed by atoms with E-state index in [2.05, 4.69) is 27.5 Å². The van der Waals surface area contributed by atoms with E-state index in [-0.39, 0.29) is 5.91 Å². The third kappa shape index (κ3) is 4.94. The Morgan fingerprint density at radius 1 is 1.25 bits per heavy atom. The van der Waals surface area contributed by atoms with Gasteiger partial charge in [0, 0.05) is 24.7 Å². The first-order chi connectivity index (χ1) is 11.6. The van der Waals surface area contributed by atoms with Crippen LogP contribution >= 0.6 is 0 Å². The van der Waals surface area contributed by atoms with E-state index >= 15 is 0 Å². The van der Waals surface area contributed by atoms with Crippen molar-refractivity contribution in [3.05, 3.63) is 47.4 Å². The highest BCUT2D eigenvalue weighted by Crippen LogP contribution is 2.17. The summed E-state index contributed by atoms with van der Waals surface area (Å²) in [6.07, 6.45) is 2.15. The molecular formula is C18H24N4O2. The molecule has 1 aromatic heterocycles. The molecule has 2 N–H and O–H groups in total. The van der Waals surface area contributed by atoms with Gasteiger partial charge in [0.15, 0.2) is 0 Å². The minimum atomic E-state index is -0.232. The minimum absolute atomic E-state index is 0.232. The predicted molar refractivity (Wildman–Crippen MR) is 94.3 cm³/mol. The van der Waals surface area contributed by atoms with Crippen LogP contribution in [0.5, 0.6) is 5.75 Å². The number of amides is 1. The fourth-order valence-electron chi connectivity index (χ4n) is 2.28. The summed E-state index contributed by atoms with van der Waals surface area (Å²) in [5.41, 5.74) is 1.27. The van der Waals surface area contributed by atoms with Gasteiger partial charge in [-0.2, -0.15) is 0 Å². The molecule has 0 bridgehead atoms. The highest BCUT2D eigenvalue weighted by molar-refractivity contribution is 5.92. The van der Waals surface area contributed by atoms with Crippen molar-refractivity contribution in [3.63, 3.8) is 0 Å². The Balaban J connectivity index is 2.03. The predicted octanol–water partition coefficient (Wildman–Crippen LogP) is 2.94. The van der Waals surface area contributed by atoms with Crippen LogP contribution in [0.25, 0.3) is 0 Å². The summed E-state index contributed by atoms with van der Waals surface area (Å²) in [5, 5.41) is 6.10. The summed E-state index contributed by atoms with van der Waals surface area (Å²) >= 11 is 0. The number of anilines is 1. The first kappa shape index (κ1) is 17.7. The van der Waals surface area contributed by atoms with E-state index in [1.54, 1.807) is 20.1 Å². The van der Waals surface area contributed by atoms with Gasteiger partial charge in [-0.3, -0.25) is 4.79 Å². The third-order valence-corrected chi connectivity index (χ3v) is 3.54. The lowest BCUT2D eigenvalue weighted by Crippen LogP contribution is -2.24. The number of aryl methyl sites for hydroxylation is 1. The molecule has 1 amide bonds. The Labute approximate surface area is 142 Å². The van der Waals surface area contributed by atoms with Crippen LogP contribution < -0.4 is 15.4 Å². The van der Waals surface area contributed by atoms with Crippen LogP contribution in [0.3, 0.4) is 0 Å². The van der Waals surface area contributed by atoms with Crippen LogP contribution in [0.1, 0.15) is 41.6 Å². The number of unbranched alkanes of at least 4 members (excludes halogenated alkanes) is 1. The lowest BCUT2D eigenvalue weighted by atomic mass is 10.2. The smallest absolute Gasteiger partial charge is 0.270 e. The van der Waals surface area contributed by atoms with Gasteiger partial charge in [-0.05, 0) is 19.4 Å². The molecule has 2 rings (SSSR count). The third-order valence-electron chi connectivity index (χ3n) is 3.54. The molecule has 6 nitrogen and oxygen atoms in total. The van der Waals surface area contributed by atoms with E-state index in [1.165, 1.54) is 0 Å². The van der Waals surface area contributed by atoms with E-state index in [1.807, 2.05) is 24.3 Å². The van der Waals surface area contributed by atoms with Gasteiger partial charge >= 0.3 is 0 Å². The monoisotopic (exact) mass is 328 g/mol. The Kier molecular flexibility index (Phi) is 6.54.